The minimum atomic E-state index is 0.262. The van der Waals surface area contributed by atoms with Gasteiger partial charge in [-0.25, -0.2) is 9.97 Å². The summed E-state index contributed by atoms with van der Waals surface area (Å²) in [6, 6.07) is 16.4. The molecule has 1 fully saturated rings. The third-order valence-corrected chi connectivity index (χ3v) is 5.56. The summed E-state index contributed by atoms with van der Waals surface area (Å²) in [5.74, 6) is 2.51. The first-order valence-corrected chi connectivity index (χ1v) is 9.99. The molecule has 3 heterocycles. The monoisotopic (exact) mass is 374 g/mol. The molecule has 4 rings (SSSR count). The molecule has 0 bridgehead atoms. The summed E-state index contributed by atoms with van der Waals surface area (Å²) in [6.45, 7) is 3.61. The van der Waals surface area contributed by atoms with Crippen LogP contribution in [-0.2, 0) is 11.2 Å². The van der Waals surface area contributed by atoms with Gasteiger partial charge < -0.3 is 4.90 Å². The van der Waals surface area contributed by atoms with E-state index in [9.17, 15) is 4.79 Å². The zero-order valence-corrected chi connectivity index (χ0v) is 16.3. The van der Waals surface area contributed by atoms with E-state index in [4.69, 9.17) is 4.98 Å². The lowest BCUT2D eigenvalue weighted by Crippen LogP contribution is -2.38. The summed E-state index contributed by atoms with van der Waals surface area (Å²) < 4.78 is 2.01. The van der Waals surface area contributed by atoms with Crippen molar-refractivity contribution in [2.75, 3.05) is 13.1 Å². The highest BCUT2D eigenvalue weighted by molar-refractivity contribution is 5.76. The number of likely N-dealkylation sites (tertiary alicyclic amines) is 1. The molecule has 0 saturated carbocycles. The van der Waals surface area contributed by atoms with E-state index >= 15 is 0 Å². The van der Waals surface area contributed by atoms with Crippen LogP contribution in [0.15, 0.2) is 60.9 Å². The average Bonchev–Trinajstić information content (AvgIpc) is 3.19. The fourth-order valence-corrected chi connectivity index (χ4v) is 3.90. The van der Waals surface area contributed by atoms with Gasteiger partial charge in [-0.3, -0.25) is 9.36 Å². The molecule has 5 nitrogen and oxygen atoms in total. The largest absolute Gasteiger partial charge is 0.343 e. The molecule has 1 aromatic carbocycles. The first-order chi connectivity index (χ1) is 13.7. The van der Waals surface area contributed by atoms with Crippen molar-refractivity contribution in [1.82, 2.24) is 19.4 Å². The van der Waals surface area contributed by atoms with Gasteiger partial charge in [-0.2, -0.15) is 0 Å². The average molecular weight is 374 g/mol. The van der Waals surface area contributed by atoms with Gasteiger partial charge in [0, 0.05) is 43.5 Å². The molecule has 1 saturated heterocycles. The molecule has 1 amide bonds. The fourth-order valence-electron chi connectivity index (χ4n) is 3.90. The van der Waals surface area contributed by atoms with Crippen LogP contribution in [0.2, 0.25) is 0 Å². The Labute approximate surface area is 166 Å². The highest BCUT2D eigenvalue weighted by Crippen LogP contribution is 2.27. The van der Waals surface area contributed by atoms with Crippen LogP contribution in [0.25, 0.3) is 5.82 Å². The van der Waals surface area contributed by atoms with Crippen LogP contribution in [0.1, 0.15) is 42.3 Å². The third kappa shape index (κ3) is 4.14. The van der Waals surface area contributed by atoms with Gasteiger partial charge in [0.15, 0.2) is 0 Å². The minimum Gasteiger partial charge on any atom is -0.343 e. The number of aromatic nitrogens is 3. The maximum atomic E-state index is 12.6. The van der Waals surface area contributed by atoms with Gasteiger partial charge in [-0.15, -0.1) is 0 Å². The van der Waals surface area contributed by atoms with Crippen molar-refractivity contribution < 1.29 is 4.79 Å². The van der Waals surface area contributed by atoms with Crippen molar-refractivity contribution in [2.45, 2.75) is 38.5 Å². The van der Waals surface area contributed by atoms with Crippen LogP contribution < -0.4 is 0 Å². The zero-order valence-electron chi connectivity index (χ0n) is 16.3. The van der Waals surface area contributed by atoms with E-state index in [1.165, 1.54) is 5.56 Å². The molecule has 0 radical (unpaired) electrons. The van der Waals surface area contributed by atoms with Gasteiger partial charge in [0.25, 0.3) is 0 Å². The molecule has 5 heteroatoms. The third-order valence-electron chi connectivity index (χ3n) is 5.56. The maximum absolute atomic E-state index is 12.6. The number of hydrogen-bond donors (Lipinski definition) is 0. The predicted molar refractivity (Wildman–Crippen MR) is 109 cm³/mol. The van der Waals surface area contributed by atoms with Crippen molar-refractivity contribution >= 4 is 5.91 Å². The summed E-state index contributed by atoms with van der Waals surface area (Å²) >= 11 is 0. The molecule has 1 aliphatic heterocycles. The SMILES string of the molecule is Cc1nccn1-c1cccc(C2CCN(C(=O)CCc3ccccc3)CC2)n1. The van der Waals surface area contributed by atoms with Gasteiger partial charge in [-0.1, -0.05) is 36.4 Å². The predicted octanol–water partition coefficient (Wildman–Crippen LogP) is 3.91. The van der Waals surface area contributed by atoms with E-state index < -0.39 is 0 Å². The number of pyridine rings is 1. The maximum Gasteiger partial charge on any atom is 0.222 e. The number of carbonyl (C=O) groups excluding carboxylic acids is 1. The van der Waals surface area contributed by atoms with Gasteiger partial charge in [0.2, 0.25) is 5.91 Å². The number of nitrogens with zero attached hydrogens (tertiary/aromatic N) is 4. The highest BCUT2D eigenvalue weighted by atomic mass is 16.2. The quantitative estimate of drug-likeness (QED) is 0.680. The number of benzene rings is 1. The fraction of sp³-hybridized carbons (Fsp3) is 0.348. The van der Waals surface area contributed by atoms with Crippen molar-refractivity contribution in [3.05, 3.63) is 78.0 Å². The normalized spacial score (nSPS) is 15.0. The number of amides is 1. The van der Waals surface area contributed by atoms with Crippen molar-refractivity contribution in [3.8, 4) is 5.82 Å². The molecule has 1 aliphatic rings. The van der Waals surface area contributed by atoms with E-state index in [2.05, 4.69) is 29.2 Å². The van der Waals surface area contributed by atoms with Crippen LogP contribution in [0, 0.1) is 6.92 Å². The standard InChI is InChI=1S/C23H26N4O/c1-18-24-14-17-27(18)22-9-5-8-21(25-22)20-12-15-26(16-13-20)23(28)11-10-19-6-3-2-4-7-19/h2-9,14,17,20H,10-13,15-16H2,1H3. The number of imidazole rings is 1. The van der Waals surface area contributed by atoms with Gasteiger partial charge in [-0.05, 0) is 43.9 Å². The molecule has 0 N–H and O–H groups in total. The smallest absolute Gasteiger partial charge is 0.222 e. The van der Waals surface area contributed by atoms with Crippen LogP contribution in [0.3, 0.4) is 0 Å². The Morgan fingerprint density at radius 1 is 1.07 bits per heavy atom. The molecule has 144 valence electrons. The Kier molecular flexibility index (Phi) is 5.51. The molecule has 3 aromatic rings. The van der Waals surface area contributed by atoms with Crippen LogP contribution in [0.4, 0.5) is 0 Å². The van der Waals surface area contributed by atoms with Crippen molar-refractivity contribution in [1.29, 1.82) is 0 Å². The van der Waals surface area contributed by atoms with Crippen LogP contribution in [-0.4, -0.2) is 38.4 Å². The number of piperidine rings is 1. The molecular weight excluding hydrogens is 348 g/mol. The highest BCUT2D eigenvalue weighted by Gasteiger charge is 2.24. The summed E-state index contributed by atoms with van der Waals surface area (Å²) in [5, 5.41) is 0. The van der Waals surface area contributed by atoms with Crippen LogP contribution >= 0.6 is 0 Å². The van der Waals surface area contributed by atoms with Crippen LogP contribution in [0.5, 0.6) is 0 Å². The Balaban J connectivity index is 1.34. The van der Waals surface area contributed by atoms with E-state index in [1.807, 2.05) is 46.9 Å². The molecule has 0 aliphatic carbocycles. The molecule has 2 aromatic heterocycles. The number of carbonyl (C=O) groups is 1. The van der Waals surface area contributed by atoms with Gasteiger partial charge >= 0.3 is 0 Å². The lowest BCUT2D eigenvalue weighted by atomic mass is 9.92. The minimum absolute atomic E-state index is 0.262. The van der Waals surface area contributed by atoms with Gasteiger partial charge in [0.05, 0.1) is 0 Å². The Morgan fingerprint density at radius 2 is 1.86 bits per heavy atom. The lowest BCUT2D eigenvalue weighted by molar-refractivity contribution is -0.132. The van der Waals surface area contributed by atoms with Crippen molar-refractivity contribution in [3.63, 3.8) is 0 Å². The first-order valence-electron chi connectivity index (χ1n) is 9.99. The second-order valence-electron chi connectivity index (χ2n) is 7.41. The number of hydrogen-bond acceptors (Lipinski definition) is 3. The molecule has 0 spiro atoms. The van der Waals surface area contributed by atoms with Gasteiger partial charge in [0.1, 0.15) is 11.6 Å². The summed E-state index contributed by atoms with van der Waals surface area (Å²) in [5.41, 5.74) is 2.34. The molecule has 0 atom stereocenters. The van der Waals surface area contributed by atoms with E-state index in [1.54, 1.807) is 6.20 Å². The summed E-state index contributed by atoms with van der Waals surface area (Å²) in [4.78, 5) is 23.7. The van der Waals surface area contributed by atoms with Crippen molar-refractivity contribution in [2.24, 2.45) is 0 Å². The lowest BCUT2D eigenvalue weighted by Gasteiger charge is -2.32. The second-order valence-corrected chi connectivity index (χ2v) is 7.41. The molecule has 28 heavy (non-hydrogen) atoms. The number of rotatable bonds is 5. The molecule has 0 unspecified atom stereocenters. The first kappa shape index (κ1) is 18.4. The van der Waals surface area contributed by atoms with E-state index in [-0.39, 0.29) is 5.91 Å². The summed E-state index contributed by atoms with van der Waals surface area (Å²) in [7, 11) is 0. The zero-order chi connectivity index (χ0) is 19.3. The Morgan fingerprint density at radius 3 is 2.57 bits per heavy atom. The number of aryl methyl sites for hydroxylation is 2. The topological polar surface area (TPSA) is 51.0 Å². The summed E-state index contributed by atoms with van der Waals surface area (Å²) in [6.07, 6.45) is 7.07. The Bertz CT molecular complexity index is 927. The second kappa shape index (κ2) is 8.38. The Hall–Kier alpha value is -2.95. The van der Waals surface area contributed by atoms with E-state index in [0.717, 1.165) is 49.7 Å². The molecular formula is C23H26N4O. The van der Waals surface area contributed by atoms with E-state index in [0.29, 0.717) is 12.3 Å².